The number of hydrogen-bond acceptors (Lipinski definition) is 3. The Bertz CT molecular complexity index is 552. The number of anilines is 1. The van der Waals surface area contributed by atoms with E-state index in [9.17, 15) is 5.11 Å². The topological polar surface area (TPSA) is 59.1 Å². The SMILES string of the molecule is CC(O)(Cc1ccc(Cl)cc1)Cc1cnccc1N. The van der Waals surface area contributed by atoms with E-state index in [1.54, 1.807) is 25.4 Å². The normalized spacial score (nSPS) is 14.1. The maximum atomic E-state index is 10.5. The van der Waals surface area contributed by atoms with Gasteiger partial charge in [0.15, 0.2) is 0 Å². The monoisotopic (exact) mass is 276 g/mol. The lowest BCUT2D eigenvalue weighted by Gasteiger charge is -2.24. The predicted octanol–water partition coefficient (Wildman–Crippen LogP) is 2.85. The molecule has 0 saturated heterocycles. The van der Waals surface area contributed by atoms with Crippen molar-refractivity contribution in [2.24, 2.45) is 0 Å². The summed E-state index contributed by atoms with van der Waals surface area (Å²) in [5.41, 5.74) is 7.56. The summed E-state index contributed by atoms with van der Waals surface area (Å²) in [4.78, 5) is 4.04. The lowest BCUT2D eigenvalue weighted by atomic mass is 9.90. The highest BCUT2D eigenvalue weighted by molar-refractivity contribution is 6.30. The van der Waals surface area contributed by atoms with Crippen LogP contribution in [0.5, 0.6) is 0 Å². The van der Waals surface area contributed by atoms with Gasteiger partial charge in [-0.1, -0.05) is 23.7 Å². The van der Waals surface area contributed by atoms with Crippen LogP contribution in [0.15, 0.2) is 42.7 Å². The van der Waals surface area contributed by atoms with Crippen LogP contribution in [-0.2, 0) is 12.8 Å². The first-order valence-corrected chi connectivity index (χ1v) is 6.49. The fourth-order valence-electron chi connectivity index (χ4n) is 2.10. The minimum Gasteiger partial charge on any atom is -0.398 e. The van der Waals surface area contributed by atoms with Crippen molar-refractivity contribution < 1.29 is 5.11 Å². The first-order valence-electron chi connectivity index (χ1n) is 6.11. The molecule has 1 aromatic carbocycles. The minimum absolute atomic E-state index is 0.468. The molecule has 0 aliphatic rings. The number of benzene rings is 1. The van der Waals surface area contributed by atoms with Gasteiger partial charge in [0.1, 0.15) is 0 Å². The molecule has 3 nitrogen and oxygen atoms in total. The predicted molar refractivity (Wildman–Crippen MR) is 78.1 cm³/mol. The molecule has 100 valence electrons. The average molecular weight is 277 g/mol. The van der Waals surface area contributed by atoms with Gasteiger partial charge in [-0.15, -0.1) is 0 Å². The van der Waals surface area contributed by atoms with Gasteiger partial charge >= 0.3 is 0 Å². The number of halogens is 1. The highest BCUT2D eigenvalue weighted by atomic mass is 35.5. The van der Waals surface area contributed by atoms with Gasteiger partial charge in [-0.3, -0.25) is 4.98 Å². The fraction of sp³-hybridized carbons (Fsp3) is 0.267. The molecule has 1 atom stereocenters. The van der Waals surface area contributed by atoms with Crippen molar-refractivity contribution in [3.8, 4) is 0 Å². The van der Waals surface area contributed by atoms with E-state index in [1.807, 2.05) is 24.3 Å². The third-order valence-electron chi connectivity index (χ3n) is 3.01. The van der Waals surface area contributed by atoms with Crippen molar-refractivity contribution in [1.82, 2.24) is 4.98 Å². The molecule has 1 heterocycles. The van der Waals surface area contributed by atoms with E-state index in [2.05, 4.69) is 4.98 Å². The summed E-state index contributed by atoms with van der Waals surface area (Å²) in [5, 5.41) is 11.2. The molecule has 0 spiro atoms. The molecule has 0 amide bonds. The first kappa shape index (κ1) is 13.8. The van der Waals surface area contributed by atoms with Crippen LogP contribution in [0.2, 0.25) is 5.02 Å². The zero-order valence-corrected chi connectivity index (χ0v) is 11.6. The van der Waals surface area contributed by atoms with E-state index < -0.39 is 5.60 Å². The van der Waals surface area contributed by atoms with E-state index in [0.717, 1.165) is 11.1 Å². The van der Waals surface area contributed by atoms with Crippen LogP contribution in [0.25, 0.3) is 0 Å². The number of nitrogens with zero attached hydrogens (tertiary/aromatic N) is 1. The van der Waals surface area contributed by atoms with E-state index in [4.69, 9.17) is 17.3 Å². The molecule has 0 radical (unpaired) electrons. The van der Waals surface area contributed by atoms with Crippen molar-refractivity contribution in [2.75, 3.05) is 5.73 Å². The van der Waals surface area contributed by atoms with Crippen LogP contribution < -0.4 is 5.73 Å². The Morgan fingerprint density at radius 1 is 1.21 bits per heavy atom. The Morgan fingerprint density at radius 3 is 2.53 bits per heavy atom. The van der Waals surface area contributed by atoms with Gasteiger partial charge in [0.05, 0.1) is 5.60 Å². The van der Waals surface area contributed by atoms with E-state index in [1.165, 1.54) is 0 Å². The second-order valence-corrected chi connectivity index (χ2v) is 5.49. The maximum Gasteiger partial charge on any atom is 0.0701 e. The number of aromatic nitrogens is 1. The lowest BCUT2D eigenvalue weighted by molar-refractivity contribution is 0.0609. The average Bonchev–Trinajstić information content (AvgIpc) is 2.35. The van der Waals surface area contributed by atoms with Gasteiger partial charge in [-0.05, 0) is 36.2 Å². The Kier molecular flexibility index (Phi) is 4.08. The molecule has 0 saturated carbocycles. The van der Waals surface area contributed by atoms with Crippen LogP contribution in [0.4, 0.5) is 5.69 Å². The number of aliphatic hydroxyl groups is 1. The summed E-state index contributed by atoms with van der Waals surface area (Å²) in [6, 6.07) is 9.23. The van der Waals surface area contributed by atoms with Gasteiger partial charge in [-0.2, -0.15) is 0 Å². The molecule has 2 aromatic rings. The molecule has 3 N–H and O–H groups in total. The van der Waals surface area contributed by atoms with Crippen LogP contribution >= 0.6 is 11.6 Å². The van der Waals surface area contributed by atoms with Crippen LogP contribution in [0, 0.1) is 0 Å². The van der Waals surface area contributed by atoms with Crippen molar-refractivity contribution in [1.29, 1.82) is 0 Å². The second-order valence-electron chi connectivity index (χ2n) is 5.05. The number of hydrogen-bond donors (Lipinski definition) is 2. The number of rotatable bonds is 4. The van der Waals surface area contributed by atoms with Gasteiger partial charge in [0.2, 0.25) is 0 Å². The number of pyridine rings is 1. The zero-order valence-electron chi connectivity index (χ0n) is 10.8. The van der Waals surface area contributed by atoms with E-state index in [0.29, 0.717) is 23.6 Å². The van der Waals surface area contributed by atoms with Gasteiger partial charge in [0, 0.05) is 35.9 Å². The fourth-order valence-corrected chi connectivity index (χ4v) is 2.23. The molecule has 0 aliphatic carbocycles. The Labute approximate surface area is 118 Å². The van der Waals surface area contributed by atoms with E-state index in [-0.39, 0.29) is 0 Å². The standard InChI is InChI=1S/C15H17ClN2O/c1-15(19,8-11-2-4-13(16)5-3-11)9-12-10-18-7-6-14(12)17/h2-7,10,19H,8-9H2,1H3,(H2,17,18). The van der Waals surface area contributed by atoms with Crippen LogP contribution in [0.3, 0.4) is 0 Å². The molecule has 0 aliphatic heterocycles. The summed E-state index contributed by atoms with van der Waals surface area (Å²) >= 11 is 5.85. The summed E-state index contributed by atoms with van der Waals surface area (Å²) in [6.45, 7) is 1.80. The summed E-state index contributed by atoms with van der Waals surface area (Å²) < 4.78 is 0. The molecule has 2 rings (SSSR count). The molecular formula is C15H17ClN2O. The van der Waals surface area contributed by atoms with Crippen molar-refractivity contribution >= 4 is 17.3 Å². The summed E-state index contributed by atoms with van der Waals surface area (Å²) in [6.07, 6.45) is 4.35. The van der Waals surface area contributed by atoms with Crippen molar-refractivity contribution in [3.05, 3.63) is 58.9 Å². The zero-order chi connectivity index (χ0) is 13.9. The molecule has 0 bridgehead atoms. The molecule has 19 heavy (non-hydrogen) atoms. The smallest absolute Gasteiger partial charge is 0.0701 e. The summed E-state index contributed by atoms with van der Waals surface area (Å²) in [7, 11) is 0. The quantitative estimate of drug-likeness (QED) is 0.903. The van der Waals surface area contributed by atoms with Crippen LogP contribution in [-0.4, -0.2) is 15.7 Å². The first-order chi connectivity index (χ1) is 8.96. The Morgan fingerprint density at radius 2 is 1.89 bits per heavy atom. The third kappa shape index (κ3) is 3.94. The number of nitrogen functional groups attached to an aromatic ring is 1. The molecule has 1 unspecified atom stereocenters. The lowest BCUT2D eigenvalue weighted by Crippen LogP contribution is -2.30. The van der Waals surface area contributed by atoms with E-state index >= 15 is 0 Å². The number of nitrogens with two attached hydrogens (primary N) is 1. The van der Waals surface area contributed by atoms with Crippen molar-refractivity contribution in [3.63, 3.8) is 0 Å². The van der Waals surface area contributed by atoms with Crippen molar-refractivity contribution in [2.45, 2.75) is 25.4 Å². The van der Waals surface area contributed by atoms with Crippen LogP contribution in [0.1, 0.15) is 18.1 Å². The molecular weight excluding hydrogens is 260 g/mol. The van der Waals surface area contributed by atoms with Gasteiger partial charge in [0.25, 0.3) is 0 Å². The van der Waals surface area contributed by atoms with Gasteiger partial charge < -0.3 is 10.8 Å². The summed E-state index contributed by atoms with van der Waals surface area (Å²) in [5.74, 6) is 0. The Balaban J connectivity index is 2.10. The highest BCUT2D eigenvalue weighted by Crippen LogP contribution is 2.22. The highest BCUT2D eigenvalue weighted by Gasteiger charge is 2.22. The minimum atomic E-state index is -0.870. The molecule has 4 heteroatoms. The maximum absolute atomic E-state index is 10.5. The largest absolute Gasteiger partial charge is 0.398 e. The van der Waals surface area contributed by atoms with Gasteiger partial charge in [-0.25, -0.2) is 0 Å². The third-order valence-corrected chi connectivity index (χ3v) is 3.26. The molecule has 1 aromatic heterocycles. The molecule has 0 fully saturated rings. The Hall–Kier alpha value is -1.58. The second kappa shape index (κ2) is 5.59.